The van der Waals surface area contributed by atoms with E-state index in [-0.39, 0.29) is 0 Å². The minimum absolute atomic E-state index is 0.505. The molecule has 3 rings (SSSR count). The smallest absolute Gasteiger partial charge is 0.136 e. The fraction of sp³-hybridized carbons (Fsp3) is 0.733. The van der Waals surface area contributed by atoms with Crippen LogP contribution >= 0.6 is 0 Å². The molecule has 2 heterocycles. The summed E-state index contributed by atoms with van der Waals surface area (Å²) in [5.41, 5.74) is 0. The largest absolute Gasteiger partial charge is 0.370 e. The van der Waals surface area contributed by atoms with E-state index in [1.165, 1.54) is 32.2 Å². The monoisotopic (exact) mass is 275 g/mol. The molecule has 1 aliphatic heterocycles. The molecule has 1 atom stereocenters. The third kappa shape index (κ3) is 3.39. The molecule has 0 amide bonds. The Labute approximate surface area is 121 Å². The zero-order chi connectivity index (χ0) is 13.9. The van der Waals surface area contributed by atoms with E-state index in [2.05, 4.69) is 34.5 Å². The molecule has 2 aliphatic rings. The van der Waals surface area contributed by atoms with Crippen LogP contribution in [0.5, 0.6) is 0 Å². The van der Waals surface area contributed by atoms with Crippen LogP contribution in [0.25, 0.3) is 0 Å². The number of hydrogen-bond donors (Lipinski definition) is 2. The molecule has 1 aromatic heterocycles. The minimum Gasteiger partial charge on any atom is -0.370 e. The Morgan fingerprint density at radius 2 is 2.05 bits per heavy atom. The molecule has 1 aliphatic carbocycles. The maximum atomic E-state index is 4.72. The van der Waals surface area contributed by atoms with Gasteiger partial charge in [0.15, 0.2) is 0 Å². The van der Waals surface area contributed by atoms with Gasteiger partial charge in [-0.25, -0.2) is 9.97 Å². The van der Waals surface area contributed by atoms with E-state index < -0.39 is 0 Å². The van der Waals surface area contributed by atoms with Crippen molar-refractivity contribution in [3.8, 4) is 0 Å². The summed E-state index contributed by atoms with van der Waals surface area (Å²) in [6, 6.07) is 2.55. The van der Waals surface area contributed by atoms with Crippen LogP contribution in [0.4, 0.5) is 11.6 Å². The first-order valence-electron chi connectivity index (χ1n) is 7.82. The minimum atomic E-state index is 0.505. The number of likely N-dealkylation sites (tertiary alicyclic amines) is 1. The van der Waals surface area contributed by atoms with Crippen LogP contribution in [0.15, 0.2) is 6.07 Å². The number of nitrogens with zero attached hydrogens (tertiary/aromatic N) is 3. The summed E-state index contributed by atoms with van der Waals surface area (Å²) in [7, 11) is 2.19. The van der Waals surface area contributed by atoms with E-state index in [9.17, 15) is 0 Å². The second-order valence-electron chi connectivity index (χ2n) is 6.05. The molecule has 110 valence electrons. The normalized spacial score (nSPS) is 23.6. The SMILES string of the molecule is CCNc1cc(NC2CCCN(C)C2)nc(C2CC2)n1. The van der Waals surface area contributed by atoms with E-state index in [1.807, 2.05) is 6.07 Å². The molecule has 1 saturated carbocycles. The predicted octanol–water partition coefficient (Wildman–Crippen LogP) is 2.29. The van der Waals surface area contributed by atoms with Gasteiger partial charge in [-0.2, -0.15) is 0 Å². The highest BCUT2D eigenvalue weighted by Gasteiger charge is 2.27. The number of piperidine rings is 1. The van der Waals surface area contributed by atoms with Crippen molar-refractivity contribution in [3.63, 3.8) is 0 Å². The molecule has 2 N–H and O–H groups in total. The maximum Gasteiger partial charge on any atom is 0.136 e. The molecule has 0 bridgehead atoms. The van der Waals surface area contributed by atoms with Crippen LogP contribution in [0, 0.1) is 0 Å². The Balaban J connectivity index is 1.73. The Kier molecular flexibility index (Phi) is 4.05. The van der Waals surface area contributed by atoms with Gasteiger partial charge in [0.1, 0.15) is 17.5 Å². The molecule has 0 radical (unpaired) electrons. The van der Waals surface area contributed by atoms with Crippen molar-refractivity contribution >= 4 is 11.6 Å². The summed E-state index contributed by atoms with van der Waals surface area (Å²) >= 11 is 0. The lowest BCUT2D eigenvalue weighted by Crippen LogP contribution is -2.40. The number of likely N-dealkylation sites (N-methyl/N-ethyl adjacent to an activating group) is 1. The maximum absolute atomic E-state index is 4.72. The lowest BCUT2D eigenvalue weighted by Gasteiger charge is -2.30. The third-order valence-electron chi connectivity index (χ3n) is 4.02. The van der Waals surface area contributed by atoms with Gasteiger partial charge in [0.05, 0.1) is 0 Å². The second-order valence-corrected chi connectivity index (χ2v) is 6.05. The van der Waals surface area contributed by atoms with Crippen molar-refractivity contribution in [1.82, 2.24) is 14.9 Å². The Morgan fingerprint density at radius 3 is 2.75 bits per heavy atom. The Morgan fingerprint density at radius 1 is 1.25 bits per heavy atom. The van der Waals surface area contributed by atoms with Gasteiger partial charge in [-0.3, -0.25) is 0 Å². The standard InChI is InChI=1S/C15H25N5/c1-3-16-13-9-14(19-15(18-13)11-6-7-11)17-12-5-4-8-20(2)10-12/h9,11-12H,3-8,10H2,1-2H3,(H2,16,17,18,19). The molecule has 1 saturated heterocycles. The van der Waals surface area contributed by atoms with Crippen molar-refractivity contribution in [2.24, 2.45) is 0 Å². The topological polar surface area (TPSA) is 53.1 Å². The van der Waals surface area contributed by atoms with Crippen LogP contribution < -0.4 is 10.6 Å². The van der Waals surface area contributed by atoms with Gasteiger partial charge in [0.25, 0.3) is 0 Å². The molecule has 5 nitrogen and oxygen atoms in total. The molecule has 0 aromatic carbocycles. The van der Waals surface area contributed by atoms with E-state index in [4.69, 9.17) is 4.98 Å². The summed E-state index contributed by atoms with van der Waals surface area (Å²) in [4.78, 5) is 11.7. The molecule has 1 unspecified atom stereocenters. The first-order chi connectivity index (χ1) is 9.74. The zero-order valence-electron chi connectivity index (χ0n) is 12.5. The number of rotatable bonds is 5. The highest BCUT2D eigenvalue weighted by Crippen LogP contribution is 2.38. The summed E-state index contributed by atoms with van der Waals surface area (Å²) in [6.07, 6.45) is 4.96. The van der Waals surface area contributed by atoms with Crippen molar-refractivity contribution in [2.45, 2.75) is 44.6 Å². The Hall–Kier alpha value is -1.36. The van der Waals surface area contributed by atoms with Crippen LogP contribution in [-0.4, -0.2) is 47.6 Å². The van der Waals surface area contributed by atoms with Gasteiger partial charge in [-0.15, -0.1) is 0 Å². The fourth-order valence-electron chi connectivity index (χ4n) is 2.83. The van der Waals surface area contributed by atoms with Crippen LogP contribution in [0.1, 0.15) is 44.3 Å². The summed E-state index contributed by atoms with van der Waals surface area (Å²) < 4.78 is 0. The number of aromatic nitrogens is 2. The van der Waals surface area contributed by atoms with E-state index in [0.717, 1.165) is 30.5 Å². The average molecular weight is 275 g/mol. The third-order valence-corrected chi connectivity index (χ3v) is 4.02. The first kappa shape index (κ1) is 13.6. The molecule has 0 spiro atoms. The summed E-state index contributed by atoms with van der Waals surface area (Å²) in [6.45, 7) is 5.30. The van der Waals surface area contributed by atoms with Crippen molar-refractivity contribution in [1.29, 1.82) is 0 Å². The number of nitrogens with one attached hydrogen (secondary N) is 2. The molecule has 5 heteroatoms. The summed E-state index contributed by atoms with van der Waals surface area (Å²) in [5.74, 6) is 3.53. The van der Waals surface area contributed by atoms with Gasteiger partial charge in [-0.1, -0.05) is 0 Å². The van der Waals surface area contributed by atoms with E-state index in [1.54, 1.807) is 0 Å². The van der Waals surface area contributed by atoms with E-state index >= 15 is 0 Å². The quantitative estimate of drug-likeness (QED) is 0.863. The molecular formula is C15H25N5. The van der Waals surface area contributed by atoms with E-state index in [0.29, 0.717) is 12.0 Å². The molecule has 20 heavy (non-hydrogen) atoms. The highest BCUT2D eigenvalue weighted by atomic mass is 15.2. The molecule has 1 aromatic rings. The van der Waals surface area contributed by atoms with Crippen molar-refractivity contribution < 1.29 is 0 Å². The average Bonchev–Trinajstić information content (AvgIpc) is 3.23. The lowest BCUT2D eigenvalue weighted by atomic mass is 10.1. The van der Waals surface area contributed by atoms with Gasteiger partial charge in [-0.05, 0) is 46.2 Å². The van der Waals surface area contributed by atoms with Gasteiger partial charge < -0.3 is 15.5 Å². The zero-order valence-corrected chi connectivity index (χ0v) is 12.5. The lowest BCUT2D eigenvalue weighted by molar-refractivity contribution is 0.260. The second kappa shape index (κ2) is 5.95. The number of anilines is 2. The van der Waals surface area contributed by atoms with Crippen LogP contribution in [0.2, 0.25) is 0 Å². The predicted molar refractivity (Wildman–Crippen MR) is 82.3 cm³/mol. The first-order valence-corrected chi connectivity index (χ1v) is 7.82. The van der Waals surface area contributed by atoms with Crippen LogP contribution in [0.3, 0.4) is 0 Å². The van der Waals surface area contributed by atoms with Gasteiger partial charge >= 0.3 is 0 Å². The molecule has 2 fully saturated rings. The van der Waals surface area contributed by atoms with Crippen molar-refractivity contribution in [3.05, 3.63) is 11.9 Å². The van der Waals surface area contributed by atoms with Gasteiger partial charge in [0, 0.05) is 31.1 Å². The van der Waals surface area contributed by atoms with Crippen LogP contribution in [-0.2, 0) is 0 Å². The Bertz CT molecular complexity index is 458. The van der Waals surface area contributed by atoms with Crippen molar-refractivity contribution in [2.75, 3.05) is 37.3 Å². The number of hydrogen-bond acceptors (Lipinski definition) is 5. The fourth-order valence-corrected chi connectivity index (χ4v) is 2.83. The summed E-state index contributed by atoms with van der Waals surface area (Å²) in [5, 5.41) is 6.92. The molecular weight excluding hydrogens is 250 g/mol. The van der Waals surface area contributed by atoms with Gasteiger partial charge in [0.2, 0.25) is 0 Å². The highest BCUT2D eigenvalue weighted by molar-refractivity contribution is 5.48.